The second-order valence-electron chi connectivity index (χ2n) is 4.35. The van der Waals surface area contributed by atoms with Crippen LogP contribution in [0.2, 0.25) is 0 Å². The quantitative estimate of drug-likeness (QED) is 0.686. The van der Waals surface area contributed by atoms with E-state index >= 15 is 0 Å². The minimum atomic E-state index is -0.0117. The van der Waals surface area contributed by atoms with Crippen molar-refractivity contribution in [1.82, 2.24) is 4.90 Å². The first-order valence-corrected chi connectivity index (χ1v) is 5.84. The summed E-state index contributed by atoms with van der Waals surface area (Å²) in [5.74, 6) is 0. The first kappa shape index (κ1) is 12.9. The lowest BCUT2D eigenvalue weighted by molar-refractivity contribution is -0.108. The number of benzene rings is 1. The standard InChI is InChI=1S/C14H21NO/c1-4-14(15(2)3,11-8-12-16)13-9-6-5-7-10-13/h5-7,9-10,12H,4,8,11H2,1-3H3. The molecule has 1 aromatic rings. The lowest BCUT2D eigenvalue weighted by Gasteiger charge is -2.39. The van der Waals surface area contributed by atoms with Gasteiger partial charge in [-0.2, -0.15) is 0 Å². The molecule has 0 aliphatic heterocycles. The highest BCUT2D eigenvalue weighted by molar-refractivity contribution is 5.49. The molecule has 0 heterocycles. The van der Waals surface area contributed by atoms with Crippen LogP contribution in [0.3, 0.4) is 0 Å². The molecule has 88 valence electrons. The molecular formula is C14H21NO. The lowest BCUT2D eigenvalue weighted by Crippen LogP contribution is -2.41. The van der Waals surface area contributed by atoms with Crippen molar-refractivity contribution in [2.24, 2.45) is 0 Å². The molecule has 0 aromatic heterocycles. The summed E-state index contributed by atoms with van der Waals surface area (Å²) in [5, 5.41) is 0. The summed E-state index contributed by atoms with van der Waals surface area (Å²) in [6.45, 7) is 2.18. The van der Waals surface area contributed by atoms with Crippen LogP contribution >= 0.6 is 0 Å². The molecule has 1 aromatic carbocycles. The van der Waals surface area contributed by atoms with Crippen molar-refractivity contribution in [3.8, 4) is 0 Å². The number of carbonyl (C=O) groups excluding carboxylic acids is 1. The second kappa shape index (κ2) is 5.80. The van der Waals surface area contributed by atoms with Crippen LogP contribution in [0.5, 0.6) is 0 Å². The number of hydrogen-bond donors (Lipinski definition) is 0. The second-order valence-corrected chi connectivity index (χ2v) is 4.35. The average Bonchev–Trinajstić information content (AvgIpc) is 2.31. The maximum Gasteiger partial charge on any atom is 0.120 e. The lowest BCUT2D eigenvalue weighted by atomic mass is 9.82. The van der Waals surface area contributed by atoms with Crippen molar-refractivity contribution in [2.75, 3.05) is 14.1 Å². The summed E-state index contributed by atoms with van der Waals surface area (Å²) in [6, 6.07) is 10.4. The summed E-state index contributed by atoms with van der Waals surface area (Å²) in [6.07, 6.45) is 3.51. The molecule has 0 saturated heterocycles. The third-order valence-corrected chi connectivity index (χ3v) is 3.43. The zero-order valence-corrected chi connectivity index (χ0v) is 10.4. The van der Waals surface area contributed by atoms with Crippen molar-refractivity contribution in [3.63, 3.8) is 0 Å². The van der Waals surface area contributed by atoms with E-state index in [1.807, 2.05) is 6.07 Å². The van der Waals surface area contributed by atoms with Gasteiger partial charge >= 0.3 is 0 Å². The van der Waals surface area contributed by atoms with Gasteiger partial charge in [0.15, 0.2) is 0 Å². The van der Waals surface area contributed by atoms with E-state index in [4.69, 9.17) is 0 Å². The fourth-order valence-electron chi connectivity index (χ4n) is 2.37. The van der Waals surface area contributed by atoms with E-state index in [2.05, 4.69) is 50.2 Å². The van der Waals surface area contributed by atoms with E-state index in [0.717, 1.165) is 19.1 Å². The molecule has 16 heavy (non-hydrogen) atoms. The number of hydrogen-bond acceptors (Lipinski definition) is 2. The molecule has 0 aliphatic carbocycles. The Balaban J connectivity index is 3.06. The summed E-state index contributed by atoms with van der Waals surface area (Å²) in [7, 11) is 4.17. The van der Waals surface area contributed by atoms with E-state index in [1.165, 1.54) is 5.56 Å². The van der Waals surface area contributed by atoms with Gasteiger partial charge in [-0.05, 0) is 32.5 Å². The Morgan fingerprint density at radius 2 is 1.88 bits per heavy atom. The Morgan fingerprint density at radius 1 is 1.25 bits per heavy atom. The smallest absolute Gasteiger partial charge is 0.120 e. The predicted molar refractivity (Wildman–Crippen MR) is 67.4 cm³/mol. The monoisotopic (exact) mass is 219 g/mol. The molecule has 0 spiro atoms. The third kappa shape index (κ3) is 2.50. The Labute approximate surface area is 98.3 Å². The normalized spacial score (nSPS) is 14.8. The Hall–Kier alpha value is -1.15. The summed E-state index contributed by atoms with van der Waals surface area (Å²) >= 11 is 0. The van der Waals surface area contributed by atoms with Crippen LogP contribution < -0.4 is 0 Å². The topological polar surface area (TPSA) is 20.3 Å². The number of aldehydes is 1. The molecule has 0 aliphatic rings. The largest absolute Gasteiger partial charge is 0.303 e. The van der Waals surface area contributed by atoms with Gasteiger partial charge in [-0.3, -0.25) is 4.90 Å². The van der Waals surface area contributed by atoms with Crippen LogP contribution in [0.1, 0.15) is 31.7 Å². The van der Waals surface area contributed by atoms with Crippen molar-refractivity contribution < 1.29 is 4.79 Å². The minimum Gasteiger partial charge on any atom is -0.303 e. The molecule has 0 fully saturated rings. The molecule has 0 amide bonds. The minimum absolute atomic E-state index is 0.0117. The number of nitrogens with zero attached hydrogens (tertiary/aromatic N) is 1. The van der Waals surface area contributed by atoms with Gasteiger partial charge in [0, 0.05) is 12.0 Å². The van der Waals surface area contributed by atoms with Gasteiger partial charge in [0.1, 0.15) is 6.29 Å². The van der Waals surface area contributed by atoms with Crippen molar-refractivity contribution >= 4 is 6.29 Å². The first-order chi connectivity index (χ1) is 7.67. The highest BCUT2D eigenvalue weighted by Crippen LogP contribution is 2.34. The highest BCUT2D eigenvalue weighted by Gasteiger charge is 2.31. The zero-order chi connectivity index (χ0) is 12.0. The molecule has 2 nitrogen and oxygen atoms in total. The maximum atomic E-state index is 10.6. The molecule has 1 rings (SSSR count). The molecule has 0 bridgehead atoms. The molecule has 0 saturated carbocycles. The molecule has 1 unspecified atom stereocenters. The molecular weight excluding hydrogens is 198 g/mol. The van der Waals surface area contributed by atoms with Crippen LogP contribution in [0.15, 0.2) is 30.3 Å². The molecule has 0 radical (unpaired) electrons. The van der Waals surface area contributed by atoms with Gasteiger partial charge in [-0.25, -0.2) is 0 Å². The molecule has 2 heteroatoms. The third-order valence-electron chi connectivity index (χ3n) is 3.43. The van der Waals surface area contributed by atoms with Gasteiger partial charge in [0.25, 0.3) is 0 Å². The van der Waals surface area contributed by atoms with Crippen LogP contribution in [-0.2, 0) is 10.3 Å². The SMILES string of the molecule is CCC(CCC=O)(c1ccccc1)N(C)C. The predicted octanol–water partition coefficient (Wildman–Crippen LogP) is 2.83. The summed E-state index contributed by atoms with van der Waals surface area (Å²) in [5.41, 5.74) is 1.28. The number of carbonyl (C=O) groups is 1. The first-order valence-electron chi connectivity index (χ1n) is 5.84. The van der Waals surface area contributed by atoms with Crippen LogP contribution in [0.25, 0.3) is 0 Å². The van der Waals surface area contributed by atoms with E-state index in [9.17, 15) is 4.79 Å². The summed E-state index contributed by atoms with van der Waals surface area (Å²) < 4.78 is 0. The highest BCUT2D eigenvalue weighted by atomic mass is 16.1. The van der Waals surface area contributed by atoms with Gasteiger partial charge in [0.05, 0.1) is 0 Å². The zero-order valence-electron chi connectivity index (χ0n) is 10.4. The molecule has 1 atom stereocenters. The van der Waals surface area contributed by atoms with E-state index in [1.54, 1.807) is 0 Å². The van der Waals surface area contributed by atoms with Crippen LogP contribution in [0.4, 0.5) is 0 Å². The fourth-order valence-corrected chi connectivity index (χ4v) is 2.37. The van der Waals surface area contributed by atoms with Gasteiger partial charge in [-0.1, -0.05) is 37.3 Å². The number of rotatable bonds is 6. The Bertz CT molecular complexity index is 321. The van der Waals surface area contributed by atoms with Crippen molar-refractivity contribution in [3.05, 3.63) is 35.9 Å². The van der Waals surface area contributed by atoms with Crippen molar-refractivity contribution in [2.45, 2.75) is 31.7 Å². The average molecular weight is 219 g/mol. The maximum absolute atomic E-state index is 10.6. The van der Waals surface area contributed by atoms with E-state index in [0.29, 0.717) is 6.42 Å². The summed E-state index contributed by atoms with van der Waals surface area (Å²) in [4.78, 5) is 12.8. The Morgan fingerprint density at radius 3 is 2.31 bits per heavy atom. The van der Waals surface area contributed by atoms with Crippen molar-refractivity contribution in [1.29, 1.82) is 0 Å². The van der Waals surface area contributed by atoms with Crippen LogP contribution in [-0.4, -0.2) is 25.3 Å². The van der Waals surface area contributed by atoms with Gasteiger partial charge in [0.2, 0.25) is 0 Å². The van der Waals surface area contributed by atoms with Gasteiger partial charge < -0.3 is 4.79 Å². The van der Waals surface area contributed by atoms with E-state index in [-0.39, 0.29) is 5.54 Å². The molecule has 0 N–H and O–H groups in total. The fraction of sp³-hybridized carbons (Fsp3) is 0.500. The van der Waals surface area contributed by atoms with Gasteiger partial charge in [-0.15, -0.1) is 0 Å². The van der Waals surface area contributed by atoms with E-state index < -0.39 is 0 Å². The van der Waals surface area contributed by atoms with Crippen LogP contribution in [0, 0.1) is 0 Å². The Kier molecular flexibility index (Phi) is 4.69.